The fourth-order valence-corrected chi connectivity index (χ4v) is 4.77. The highest BCUT2D eigenvalue weighted by Gasteiger charge is 2.32. The number of methoxy groups -OCH3 is 2. The van der Waals surface area contributed by atoms with Crippen molar-refractivity contribution in [3.63, 3.8) is 0 Å². The van der Waals surface area contributed by atoms with Crippen molar-refractivity contribution in [2.24, 2.45) is 5.92 Å². The molecule has 0 bridgehead atoms. The second-order valence-corrected chi connectivity index (χ2v) is 8.60. The number of anilines is 1. The largest absolute Gasteiger partial charge is 0.493 e. The number of amides is 1. The Morgan fingerprint density at radius 1 is 1.07 bits per heavy atom. The van der Waals surface area contributed by atoms with E-state index in [0.717, 1.165) is 0 Å². The van der Waals surface area contributed by atoms with Gasteiger partial charge >= 0.3 is 0 Å². The van der Waals surface area contributed by atoms with Crippen LogP contribution in [0, 0.1) is 11.7 Å². The van der Waals surface area contributed by atoms with Gasteiger partial charge in [0.05, 0.1) is 24.8 Å². The van der Waals surface area contributed by atoms with Crippen LogP contribution in [-0.2, 0) is 14.8 Å². The number of hydrogen-bond donors (Lipinski definition) is 1. The standard InChI is InChI=1S/C20H23FN2O5S/c1-27-18-8-7-15(13-19(18)28-2)29(25,26)23-11-9-14(10-12-23)20(24)22-17-6-4-3-5-16(17)21/h3-8,13-14H,9-12H2,1-2H3,(H,22,24). The van der Waals surface area contributed by atoms with Crippen LogP contribution >= 0.6 is 0 Å². The predicted molar refractivity (Wildman–Crippen MR) is 106 cm³/mol. The first-order valence-electron chi connectivity index (χ1n) is 9.14. The van der Waals surface area contributed by atoms with Gasteiger partial charge in [-0.3, -0.25) is 4.79 Å². The summed E-state index contributed by atoms with van der Waals surface area (Å²) >= 11 is 0. The minimum absolute atomic E-state index is 0.101. The Balaban J connectivity index is 1.66. The second kappa shape index (κ2) is 8.79. The van der Waals surface area contributed by atoms with Crippen molar-refractivity contribution in [2.75, 3.05) is 32.6 Å². The minimum Gasteiger partial charge on any atom is -0.493 e. The van der Waals surface area contributed by atoms with Crippen LogP contribution in [0.2, 0.25) is 0 Å². The third-order valence-electron chi connectivity index (χ3n) is 4.95. The summed E-state index contributed by atoms with van der Waals surface area (Å²) in [6.45, 7) is 0.401. The lowest BCUT2D eigenvalue weighted by Crippen LogP contribution is -2.41. The van der Waals surface area contributed by atoms with E-state index in [2.05, 4.69) is 5.32 Å². The van der Waals surface area contributed by atoms with Crippen LogP contribution in [-0.4, -0.2) is 45.9 Å². The molecule has 9 heteroatoms. The van der Waals surface area contributed by atoms with Crippen molar-refractivity contribution < 1.29 is 27.1 Å². The number of piperidine rings is 1. The fourth-order valence-electron chi connectivity index (χ4n) is 3.28. The summed E-state index contributed by atoms with van der Waals surface area (Å²) in [5.74, 6) is -0.429. The Hall–Kier alpha value is -2.65. The molecule has 0 unspecified atom stereocenters. The van der Waals surface area contributed by atoms with Gasteiger partial charge in [0.2, 0.25) is 15.9 Å². The molecule has 29 heavy (non-hydrogen) atoms. The van der Waals surface area contributed by atoms with Crippen LogP contribution < -0.4 is 14.8 Å². The first kappa shape index (κ1) is 21.1. The van der Waals surface area contributed by atoms with Crippen LogP contribution in [0.4, 0.5) is 10.1 Å². The van der Waals surface area contributed by atoms with Gasteiger partial charge in [0.15, 0.2) is 11.5 Å². The Labute approximate surface area is 169 Å². The SMILES string of the molecule is COc1ccc(S(=O)(=O)N2CCC(C(=O)Nc3ccccc3F)CC2)cc1OC. The number of sulfonamides is 1. The molecule has 1 aliphatic rings. The highest BCUT2D eigenvalue weighted by molar-refractivity contribution is 7.89. The molecule has 2 aromatic rings. The average Bonchev–Trinajstić information content (AvgIpc) is 2.74. The second-order valence-electron chi connectivity index (χ2n) is 6.66. The van der Waals surface area contributed by atoms with Gasteiger partial charge in [-0.25, -0.2) is 12.8 Å². The van der Waals surface area contributed by atoms with Crippen molar-refractivity contribution in [3.8, 4) is 11.5 Å². The number of ether oxygens (including phenoxy) is 2. The van der Waals surface area contributed by atoms with E-state index in [4.69, 9.17) is 9.47 Å². The zero-order chi connectivity index (χ0) is 21.0. The summed E-state index contributed by atoms with van der Waals surface area (Å²) < 4.78 is 51.3. The van der Waals surface area contributed by atoms with Gasteiger partial charge in [-0.05, 0) is 37.1 Å². The lowest BCUT2D eigenvalue weighted by Gasteiger charge is -2.30. The zero-order valence-corrected chi connectivity index (χ0v) is 17.0. The summed E-state index contributed by atoms with van der Waals surface area (Å²) in [5, 5.41) is 2.58. The summed E-state index contributed by atoms with van der Waals surface area (Å²) in [6.07, 6.45) is 0.708. The molecule has 1 saturated heterocycles. The van der Waals surface area contributed by atoms with Gasteiger partial charge in [-0.1, -0.05) is 12.1 Å². The lowest BCUT2D eigenvalue weighted by molar-refractivity contribution is -0.120. The Bertz CT molecular complexity index is 988. The topological polar surface area (TPSA) is 84.9 Å². The number of carbonyl (C=O) groups is 1. The average molecular weight is 422 g/mol. The van der Waals surface area contributed by atoms with Crippen LogP contribution in [0.15, 0.2) is 47.4 Å². The number of hydrogen-bond acceptors (Lipinski definition) is 5. The van der Waals surface area contributed by atoms with E-state index in [1.54, 1.807) is 18.2 Å². The maximum atomic E-state index is 13.7. The highest BCUT2D eigenvalue weighted by atomic mass is 32.2. The van der Waals surface area contributed by atoms with Gasteiger partial charge < -0.3 is 14.8 Å². The molecule has 7 nitrogen and oxygen atoms in total. The number of nitrogens with zero attached hydrogens (tertiary/aromatic N) is 1. The Kier molecular flexibility index (Phi) is 6.39. The molecule has 2 aromatic carbocycles. The number of nitrogens with one attached hydrogen (secondary N) is 1. The van der Waals surface area contributed by atoms with Gasteiger partial charge in [-0.15, -0.1) is 0 Å². The van der Waals surface area contributed by atoms with E-state index in [1.165, 1.54) is 42.8 Å². The van der Waals surface area contributed by atoms with Gasteiger partial charge in [-0.2, -0.15) is 4.31 Å². The smallest absolute Gasteiger partial charge is 0.243 e. The quantitative estimate of drug-likeness (QED) is 0.774. The van der Waals surface area contributed by atoms with Crippen molar-refractivity contribution in [1.29, 1.82) is 0 Å². The predicted octanol–water partition coefficient (Wildman–Crippen LogP) is 2.88. The molecule has 0 saturated carbocycles. The molecule has 0 aliphatic carbocycles. The molecule has 0 spiro atoms. The zero-order valence-electron chi connectivity index (χ0n) is 16.2. The maximum Gasteiger partial charge on any atom is 0.243 e. The maximum absolute atomic E-state index is 13.7. The molecule has 1 heterocycles. The van der Waals surface area contributed by atoms with Crippen LogP contribution in [0.1, 0.15) is 12.8 Å². The fraction of sp³-hybridized carbons (Fsp3) is 0.350. The number of halogens is 1. The van der Waals surface area contributed by atoms with Crippen molar-refractivity contribution in [3.05, 3.63) is 48.3 Å². The van der Waals surface area contributed by atoms with Gasteiger partial charge in [0.25, 0.3) is 0 Å². The van der Waals surface area contributed by atoms with Crippen LogP contribution in [0.3, 0.4) is 0 Å². The van der Waals surface area contributed by atoms with Gasteiger partial charge in [0, 0.05) is 25.1 Å². The van der Waals surface area contributed by atoms with Gasteiger partial charge in [0.1, 0.15) is 5.82 Å². The third-order valence-corrected chi connectivity index (χ3v) is 6.84. The molecular formula is C20H23FN2O5S. The van der Waals surface area contributed by atoms with Crippen molar-refractivity contribution >= 4 is 21.6 Å². The molecule has 1 amide bonds. The summed E-state index contributed by atoms with van der Waals surface area (Å²) in [4.78, 5) is 12.5. The molecule has 156 valence electrons. The molecule has 0 aromatic heterocycles. The molecule has 3 rings (SSSR count). The van der Waals surface area contributed by atoms with E-state index in [-0.39, 0.29) is 35.5 Å². The molecule has 0 atom stereocenters. The van der Waals surface area contributed by atoms with Crippen LogP contribution in [0.25, 0.3) is 0 Å². The number of carbonyl (C=O) groups excluding carboxylic acids is 1. The number of para-hydroxylation sites is 1. The first-order valence-corrected chi connectivity index (χ1v) is 10.6. The number of benzene rings is 2. The molecule has 1 aliphatic heterocycles. The lowest BCUT2D eigenvalue weighted by atomic mass is 9.97. The summed E-state index contributed by atoms with van der Waals surface area (Å²) in [6, 6.07) is 10.4. The Morgan fingerprint density at radius 2 is 1.72 bits per heavy atom. The highest BCUT2D eigenvalue weighted by Crippen LogP contribution is 2.32. The Morgan fingerprint density at radius 3 is 2.34 bits per heavy atom. The molecular weight excluding hydrogens is 399 g/mol. The normalized spacial score (nSPS) is 15.7. The van der Waals surface area contributed by atoms with E-state index >= 15 is 0 Å². The molecule has 0 radical (unpaired) electrons. The van der Waals surface area contributed by atoms with Crippen molar-refractivity contribution in [1.82, 2.24) is 4.31 Å². The van der Waals surface area contributed by atoms with Crippen LogP contribution in [0.5, 0.6) is 11.5 Å². The van der Waals surface area contributed by atoms with E-state index in [0.29, 0.717) is 24.3 Å². The monoisotopic (exact) mass is 422 g/mol. The molecule has 1 N–H and O–H groups in total. The third kappa shape index (κ3) is 4.51. The summed E-state index contributed by atoms with van der Waals surface area (Å²) in [7, 11) is -0.814. The first-order chi connectivity index (χ1) is 13.9. The minimum atomic E-state index is -3.73. The van der Waals surface area contributed by atoms with E-state index in [1.807, 2.05) is 0 Å². The van der Waals surface area contributed by atoms with E-state index < -0.39 is 15.8 Å². The van der Waals surface area contributed by atoms with E-state index in [9.17, 15) is 17.6 Å². The number of rotatable bonds is 6. The van der Waals surface area contributed by atoms with Crippen molar-refractivity contribution in [2.45, 2.75) is 17.7 Å². The molecule has 1 fully saturated rings. The summed E-state index contributed by atoms with van der Waals surface area (Å²) in [5.41, 5.74) is 0.123.